The standard InChI is InChI=1S/C12H21ClN4/c1-8(6-7-17(4)5)14-12-10(3)9(2)11(13)15-16-12/h8H,6-7H2,1-5H3,(H,14,16). The van der Waals surface area contributed by atoms with Crippen LogP contribution in [-0.2, 0) is 0 Å². The summed E-state index contributed by atoms with van der Waals surface area (Å²) in [6.07, 6.45) is 1.07. The Bertz CT molecular complexity index is 379. The van der Waals surface area contributed by atoms with Gasteiger partial charge < -0.3 is 10.2 Å². The van der Waals surface area contributed by atoms with Gasteiger partial charge in [-0.25, -0.2) is 0 Å². The quantitative estimate of drug-likeness (QED) is 0.879. The summed E-state index contributed by atoms with van der Waals surface area (Å²) >= 11 is 5.92. The monoisotopic (exact) mass is 256 g/mol. The predicted molar refractivity (Wildman–Crippen MR) is 72.8 cm³/mol. The highest BCUT2D eigenvalue weighted by Crippen LogP contribution is 2.21. The van der Waals surface area contributed by atoms with Crippen LogP contribution in [0.4, 0.5) is 5.82 Å². The number of rotatable bonds is 5. The fraction of sp³-hybridized carbons (Fsp3) is 0.667. The zero-order valence-corrected chi connectivity index (χ0v) is 12.0. The Hall–Kier alpha value is -0.870. The number of aromatic nitrogens is 2. The molecule has 0 fully saturated rings. The summed E-state index contributed by atoms with van der Waals surface area (Å²) < 4.78 is 0. The van der Waals surface area contributed by atoms with Crippen molar-refractivity contribution in [2.75, 3.05) is 26.0 Å². The summed E-state index contributed by atoms with van der Waals surface area (Å²) in [6.45, 7) is 7.17. The third-order valence-corrected chi connectivity index (χ3v) is 3.22. The third-order valence-electron chi connectivity index (χ3n) is 2.86. The van der Waals surface area contributed by atoms with E-state index in [2.05, 4.69) is 41.4 Å². The molecule has 0 amide bonds. The van der Waals surface area contributed by atoms with Gasteiger partial charge in [0.25, 0.3) is 0 Å². The van der Waals surface area contributed by atoms with Gasteiger partial charge in [0.1, 0.15) is 0 Å². The number of nitrogens with zero attached hydrogens (tertiary/aromatic N) is 3. The molecule has 0 aromatic carbocycles. The van der Waals surface area contributed by atoms with Gasteiger partial charge in [-0.2, -0.15) is 0 Å². The molecular formula is C12H21ClN4. The van der Waals surface area contributed by atoms with Crippen molar-refractivity contribution in [3.8, 4) is 0 Å². The average molecular weight is 257 g/mol. The number of nitrogens with one attached hydrogen (secondary N) is 1. The highest BCUT2D eigenvalue weighted by Gasteiger charge is 2.10. The van der Waals surface area contributed by atoms with Crippen LogP contribution in [0.25, 0.3) is 0 Å². The number of hydrogen-bond acceptors (Lipinski definition) is 4. The summed E-state index contributed by atoms with van der Waals surface area (Å²) in [4.78, 5) is 2.17. The number of anilines is 1. The maximum atomic E-state index is 5.92. The fourth-order valence-corrected chi connectivity index (χ4v) is 1.65. The Morgan fingerprint density at radius 3 is 2.47 bits per heavy atom. The lowest BCUT2D eigenvalue weighted by Gasteiger charge is -2.18. The van der Waals surface area contributed by atoms with Crippen molar-refractivity contribution in [3.05, 3.63) is 16.3 Å². The molecule has 1 rings (SSSR count). The lowest BCUT2D eigenvalue weighted by Crippen LogP contribution is -2.24. The average Bonchev–Trinajstić information content (AvgIpc) is 2.27. The van der Waals surface area contributed by atoms with Crippen molar-refractivity contribution in [3.63, 3.8) is 0 Å². The Kier molecular flexibility index (Phi) is 5.15. The van der Waals surface area contributed by atoms with Crippen LogP contribution in [0.2, 0.25) is 5.15 Å². The van der Waals surface area contributed by atoms with Crippen molar-refractivity contribution in [1.82, 2.24) is 15.1 Å². The zero-order valence-electron chi connectivity index (χ0n) is 11.2. The Labute approximate surface area is 108 Å². The van der Waals surface area contributed by atoms with Crippen molar-refractivity contribution >= 4 is 17.4 Å². The molecule has 1 unspecified atom stereocenters. The van der Waals surface area contributed by atoms with E-state index in [1.807, 2.05) is 13.8 Å². The second kappa shape index (κ2) is 6.17. The minimum atomic E-state index is 0.367. The molecular weight excluding hydrogens is 236 g/mol. The topological polar surface area (TPSA) is 41.1 Å². The molecule has 96 valence electrons. The van der Waals surface area contributed by atoms with E-state index in [1.54, 1.807) is 0 Å². The van der Waals surface area contributed by atoms with Crippen LogP contribution in [0.5, 0.6) is 0 Å². The van der Waals surface area contributed by atoms with Gasteiger partial charge in [0.05, 0.1) is 0 Å². The maximum absolute atomic E-state index is 5.92. The van der Waals surface area contributed by atoms with Crippen LogP contribution in [0.3, 0.4) is 0 Å². The Balaban J connectivity index is 2.65. The molecule has 17 heavy (non-hydrogen) atoms. The van der Waals surface area contributed by atoms with Crippen LogP contribution in [0.15, 0.2) is 0 Å². The van der Waals surface area contributed by atoms with Gasteiger partial charge in [-0.05, 0) is 59.0 Å². The van der Waals surface area contributed by atoms with Gasteiger partial charge in [-0.15, -0.1) is 10.2 Å². The SMILES string of the molecule is Cc1c(Cl)nnc(NC(C)CCN(C)C)c1C. The number of halogens is 1. The van der Waals surface area contributed by atoms with Crippen molar-refractivity contribution in [2.45, 2.75) is 33.2 Å². The summed E-state index contributed by atoms with van der Waals surface area (Å²) in [7, 11) is 4.15. The Morgan fingerprint density at radius 2 is 1.88 bits per heavy atom. The summed E-state index contributed by atoms with van der Waals surface area (Å²) in [5, 5.41) is 11.9. The highest BCUT2D eigenvalue weighted by molar-refractivity contribution is 6.30. The van der Waals surface area contributed by atoms with Crippen molar-refractivity contribution < 1.29 is 0 Å². The summed E-state index contributed by atoms with van der Waals surface area (Å²) in [5.41, 5.74) is 2.06. The van der Waals surface area contributed by atoms with E-state index < -0.39 is 0 Å². The summed E-state index contributed by atoms with van der Waals surface area (Å²) in [6, 6.07) is 0.367. The van der Waals surface area contributed by atoms with E-state index in [4.69, 9.17) is 11.6 Å². The molecule has 0 saturated heterocycles. The predicted octanol–water partition coefficient (Wildman–Crippen LogP) is 2.50. The van der Waals surface area contributed by atoms with Crippen molar-refractivity contribution in [1.29, 1.82) is 0 Å². The first-order chi connectivity index (χ1) is 7.91. The first kappa shape index (κ1) is 14.2. The van der Waals surface area contributed by atoms with Crippen LogP contribution in [-0.4, -0.2) is 41.8 Å². The molecule has 5 heteroatoms. The molecule has 4 nitrogen and oxygen atoms in total. The molecule has 0 bridgehead atoms. The molecule has 1 N–H and O–H groups in total. The molecule has 0 radical (unpaired) electrons. The highest BCUT2D eigenvalue weighted by atomic mass is 35.5. The van der Waals surface area contributed by atoms with E-state index in [1.165, 1.54) is 0 Å². The molecule has 0 aliphatic carbocycles. The van der Waals surface area contributed by atoms with Gasteiger partial charge >= 0.3 is 0 Å². The normalized spacial score (nSPS) is 12.9. The van der Waals surface area contributed by atoms with Gasteiger partial charge in [-0.3, -0.25) is 0 Å². The van der Waals surface area contributed by atoms with Gasteiger partial charge in [0, 0.05) is 6.04 Å². The minimum Gasteiger partial charge on any atom is -0.366 e. The maximum Gasteiger partial charge on any atom is 0.155 e. The molecule has 1 atom stereocenters. The van der Waals surface area contributed by atoms with E-state index in [0.29, 0.717) is 11.2 Å². The van der Waals surface area contributed by atoms with Crippen molar-refractivity contribution in [2.24, 2.45) is 0 Å². The fourth-order valence-electron chi connectivity index (χ4n) is 1.47. The van der Waals surface area contributed by atoms with Crippen LogP contribution < -0.4 is 5.32 Å². The molecule has 1 aromatic heterocycles. The molecule has 0 aliphatic heterocycles. The van der Waals surface area contributed by atoms with Crippen LogP contribution in [0.1, 0.15) is 24.5 Å². The van der Waals surface area contributed by atoms with E-state index in [0.717, 1.165) is 29.9 Å². The van der Waals surface area contributed by atoms with E-state index in [9.17, 15) is 0 Å². The van der Waals surface area contributed by atoms with Crippen LogP contribution in [0, 0.1) is 13.8 Å². The molecule has 0 saturated carbocycles. The van der Waals surface area contributed by atoms with E-state index >= 15 is 0 Å². The van der Waals surface area contributed by atoms with Gasteiger partial charge in [0.15, 0.2) is 11.0 Å². The minimum absolute atomic E-state index is 0.367. The molecule has 0 aliphatic rings. The molecule has 1 aromatic rings. The van der Waals surface area contributed by atoms with Crippen LogP contribution >= 0.6 is 11.6 Å². The Morgan fingerprint density at radius 1 is 1.24 bits per heavy atom. The summed E-state index contributed by atoms with van der Waals surface area (Å²) in [5.74, 6) is 0.832. The van der Waals surface area contributed by atoms with Gasteiger partial charge in [0.2, 0.25) is 0 Å². The lowest BCUT2D eigenvalue weighted by atomic mass is 10.1. The molecule has 0 spiro atoms. The van der Waals surface area contributed by atoms with E-state index in [-0.39, 0.29) is 0 Å². The zero-order chi connectivity index (χ0) is 13.0. The largest absolute Gasteiger partial charge is 0.366 e. The smallest absolute Gasteiger partial charge is 0.155 e. The molecule has 1 heterocycles. The second-order valence-corrected chi connectivity index (χ2v) is 5.08. The first-order valence-electron chi connectivity index (χ1n) is 5.82. The third kappa shape index (κ3) is 4.13. The first-order valence-corrected chi connectivity index (χ1v) is 6.20. The second-order valence-electron chi connectivity index (χ2n) is 4.73. The van der Waals surface area contributed by atoms with Gasteiger partial charge in [-0.1, -0.05) is 11.6 Å². The lowest BCUT2D eigenvalue weighted by molar-refractivity contribution is 0.390. The number of hydrogen-bond donors (Lipinski definition) is 1.